The third-order valence-corrected chi connectivity index (χ3v) is 3.18. The number of ether oxygens (including phenoxy) is 1. The van der Waals surface area contributed by atoms with Gasteiger partial charge in [-0.15, -0.1) is 0 Å². The maximum Gasteiger partial charge on any atom is 0.270 e. The van der Waals surface area contributed by atoms with Crippen LogP contribution in [0.5, 0.6) is 5.75 Å². The molecule has 0 bridgehead atoms. The van der Waals surface area contributed by atoms with Crippen molar-refractivity contribution in [3.8, 4) is 17.0 Å². The molecule has 118 valence electrons. The van der Waals surface area contributed by atoms with Crippen molar-refractivity contribution in [3.05, 3.63) is 46.2 Å². The van der Waals surface area contributed by atoms with Crippen molar-refractivity contribution in [2.45, 2.75) is 33.3 Å². The predicted octanol–water partition coefficient (Wildman–Crippen LogP) is 2.70. The van der Waals surface area contributed by atoms with Gasteiger partial charge in [-0.2, -0.15) is 5.10 Å². The van der Waals surface area contributed by atoms with Crippen LogP contribution in [0.25, 0.3) is 11.3 Å². The number of nitrogens with zero attached hydrogens (tertiary/aromatic N) is 1. The van der Waals surface area contributed by atoms with Crippen LogP contribution in [0.4, 0.5) is 0 Å². The molecule has 5 heteroatoms. The van der Waals surface area contributed by atoms with E-state index in [1.165, 1.54) is 0 Å². The van der Waals surface area contributed by atoms with E-state index in [9.17, 15) is 9.90 Å². The molecule has 0 aliphatic heterocycles. The van der Waals surface area contributed by atoms with Gasteiger partial charge in [-0.25, -0.2) is 5.10 Å². The van der Waals surface area contributed by atoms with Crippen LogP contribution in [0, 0.1) is 5.92 Å². The van der Waals surface area contributed by atoms with Crippen molar-refractivity contribution in [2.24, 2.45) is 5.92 Å². The topological polar surface area (TPSA) is 75.2 Å². The molecule has 0 aliphatic rings. The molecule has 2 rings (SSSR count). The average Bonchev–Trinajstić information content (AvgIpc) is 2.44. The average molecular weight is 302 g/mol. The van der Waals surface area contributed by atoms with Gasteiger partial charge in [-0.3, -0.25) is 4.79 Å². The Morgan fingerprint density at radius 1 is 1.32 bits per heavy atom. The molecule has 1 aromatic heterocycles. The van der Waals surface area contributed by atoms with Crippen LogP contribution in [-0.4, -0.2) is 21.9 Å². The highest BCUT2D eigenvalue weighted by molar-refractivity contribution is 5.61. The minimum atomic E-state index is -1.23. The predicted molar refractivity (Wildman–Crippen MR) is 85.9 cm³/mol. The van der Waals surface area contributed by atoms with Crippen molar-refractivity contribution >= 4 is 0 Å². The third kappa shape index (κ3) is 3.95. The van der Waals surface area contributed by atoms with Crippen molar-refractivity contribution < 1.29 is 9.84 Å². The van der Waals surface area contributed by atoms with Crippen molar-refractivity contribution in [1.29, 1.82) is 0 Å². The fourth-order valence-corrected chi connectivity index (χ4v) is 2.02. The number of aromatic amines is 1. The van der Waals surface area contributed by atoms with Crippen molar-refractivity contribution in [2.75, 3.05) is 6.61 Å². The Kier molecular flexibility index (Phi) is 4.66. The summed E-state index contributed by atoms with van der Waals surface area (Å²) in [6.07, 6.45) is 0. The molecule has 0 saturated heterocycles. The largest absolute Gasteiger partial charge is 0.493 e. The number of aliphatic hydroxyl groups is 1. The van der Waals surface area contributed by atoms with Gasteiger partial charge in [0, 0.05) is 5.56 Å². The standard InChI is InChI=1S/C17H22N2O3/c1-11(2)10-22-13-7-5-6-12(8-13)15-9-14(17(3,4)21)16(20)19-18-15/h5-9,11,21H,10H2,1-4H3,(H,19,20). The summed E-state index contributed by atoms with van der Waals surface area (Å²) in [5.74, 6) is 1.20. The minimum Gasteiger partial charge on any atom is -0.493 e. The number of nitrogens with one attached hydrogen (secondary N) is 1. The second kappa shape index (κ2) is 6.32. The zero-order valence-corrected chi connectivity index (χ0v) is 13.4. The lowest BCUT2D eigenvalue weighted by atomic mass is 9.98. The molecule has 2 aromatic rings. The number of aromatic nitrogens is 2. The van der Waals surface area contributed by atoms with Gasteiger partial charge in [0.15, 0.2) is 0 Å². The first kappa shape index (κ1) is 16.2. The van der Waals surface area contributed by atoms with Crippen LogP contribution in [0.15, 0.2) is 35.1 Å². The molecule has 0 radical (unpaired) electrons. The van der Waals surface area contributed by atoms with Gasteiger partial charge in [0.05, 0.1) is 23.5 Å². The van der Waals surface area contributed by atoms with Crippen LogP contribution in [0.3, 0.4) is 0 Å². The van der Waals surface area contributed by atoms with E-state index < -0.39 is 5.60 Å². The molecular weight excluding hydrogens is 280 g/mol. The summed E-state index contributed by atoms with van der Waals surface area (Å²) in [7, 11) is 0. The number of H-pyrrole nitrogens is 1. The maximum atomic E-state index is 11.8. The SMILES string of the molecule is CC(C)COc1cccc(-c2cc(C(C)(C)O)c(=O)[nH]n2)c1. The monoisotopic (exact) mass is 302 g/mol. The van der Waals surface area contributed by atoms with Gasteiger partial charge in [-0.1, -0.05) is 26.0 Å². The van der Waals surface area contributed by atoms with Gasteiger partial charge >= 0.3 is 0 Å². The molecule has 0 unspecified atom stereocenters. The van der Waals surface area contributed by atoms with Gasteiger partial charge in [0.1, 0.15) is 5.75 Å². The first-order valence-corrected chi connectivity index (χ1v) is 7.33. The summed E-state index contributed by atoms with van der Waals surface area (Å²) in [4.78, 5) is 11.8. The van der Waals surface area contributed by atoms with E-state index in [0.29, 0.717) is 18.2 Å². The molecule has 22 heavy (non-hydrogen) atoms. The zero-order chi connectivity index (χ0) is 16.3. The lowest BCUT2D eigenvalue weighted by Crippen LogP contribution is -2.27. The van der Waals surface area contributed by atoms with E-state index >= 15 is 0 Å². The van der Waals surface area contributed by atoms with Gasteiger partial charge in [0.25, 0.3) is 5.56 Å². The number of benzene rings is 1. The highest BCUT2D eigenvalue weighted by atomic mass is 16.5. The molecule has 1 aromatic carbocycles. The molecular formula is C17H22N2O3. The summed E-state index contributed by atoms with van der Waals surface area (Å²) in [5, 5.41) is 16.6. The second-order valence-electron chi connectivity index (χ2n) is 6.29. The van der Waals surface area contributed by atoms with Crippen LogP contribution in [0.2, 0.25) is 0 Å². The highest BCUT2D eigenvalue weighted by Crippen LogP contribution is 2.24. The summed E-state index contributed by atoms with van der Waals surface area (Å²) in [5.41, 5.74) is 0.0843. The van der Waals surface area contributed by atoms with Crippen molar-refractivity contribution in [3.63, 3.8) is 0 Å². The normalized spacial score (nSPS) is 11.7. The van der Waals surface area contributed by atoms with Gasteiger partial charge in [-0.05, 0) is 38.0 Å². The highest BCUT2D eigenvalue weighted by Gasteiger charge is 2.21. The Morgan fingerprint density at radius 2 is 2.05 bits per heavy atom. The van der Waals surface area contributed by atoms with E-state index in [2.05, 4.69) is 24.0 Å². The van der Waals surface area contributed by atoms with E-state index in [1.807, 2.05) is 24.3 Å². The van der Waals surface area contributed by atoms with Crippen LogP contribution < -0.4 is 10.3 Å². The Balaban J connectivity index is 2.36. The van der Waals surface area contributed by atoms with E-state index in [4.69, 9.17) is 4.74 Å². The van der Waals surface area contributed by atoms with Crippen LogP contribution in [-0.2, 0) is 5.60 Å². The zero-order valence-electron chi connectivity index (χ0n) is 13.4. The number of hydrogen-bond donors (Lipinski definition) is 2. The third-order valence-electron chi connectivity index (χ3n) is 3.18. The first-order valence-electron chi connectivity index (χ1n) is 7.33. The Labute approximate surface area is 130 Å². The molecule has 0 spiro atoms. The van der Waals surface area contributed by atoms with Gasteiger partial charge in [0.2, 0.25) is 0 Å². The quantitative estimate of drug-likeness (QED) is 0.890. The molecule has 1 heterocycles. The summed E-state index contributed by atoms with van der Waals surface area (Å²) < 4.78 is 5.70. The van der Waals surface area contributed by atoms with E-state index in [0.717, 1.165) is 11.3 Å². The number of hydrogen-bond acceptors (Lipinski definition) is 4. The van der Waals surface area contributed by atoms with Crippen LogP contribution >= 0.6 is 0 Å². The lowest BCUT2D eigenvalue weighted by Gasteiger charge is -2.17. The molecule has 0 saturated carbocycles. The summed E-state index contributed by atoms with van der Waals surface area (Å²) in [6.45, 7) is 7.95. The van der Waals surface area contributed by atoms with Crippen molar-refractivity contribution in [1.82, 2.24) is 10.2 Å². The number of rotatable bonds is 5. The Hall–Kier alpha value is -2.14. The second-order valence-corrected chi connectivity index (χ2v) is 6.29. The first-order chi connectivity index (χ1) is 10.3. The molecule has 2 N–H and O–H groups in total. The molecule has 0 fully saturated rings. The van der Waals surface area contributed by atoms with Crippen LogP contribution in [0.1, 0.15) is 33.3 Å². The molecule has 5 nitrogen and oxygen atoms in total. The smallest absolute Gasteiger partial charge is 0.270 e. The van der Waals surface area contributed by atoms with E-state index in [1.54, 1.807) is 19.9 Å². The van der Waals surface area contributed by atoms with E-state index in [-0.39, 0.29) is 11.1 Å². The summed E-state index contributed by atoms with van der Waals surface area (Å²) in [6, 6.07) is 9.13. The molecule has 0 amide bonds. The Bertz CT molecular complexity index is 700. The maximum absolute atomic E-state index is 11.8. The van der Waals surface area contributed by atoms with Gasteiger partial charge < -0.3 is 9.84 Å². The Morgan fingerprint density at radius 3 is 2.68 bits per heavy atom. The molecule has 0 aliphatic carbocycles. The lowest BCUT2D eigenvalue weighted by molar-refractivity contribution is 0.0769. The fourth-order valence-electron chi connectivity index (χ4n) is 2.02. The summed E-state index contributed by atoms with van der Waals surface area (Å²) >= 11 is 0. The minimum absolute atomic E-state index is 0.283. The fraction of sp³-hybridized carbons (Fsp3) is 0.412. The molecule has 0 atom stereocenters.